The average Bonchev–Trinajstić information content (AvgIpc) is 3.70. The Morgan fingerprint density at radius 1 is 0.634 bits per heavy atom. The van der Waals surface area contributed by atoms with Gasteiger partial charge in [-0.15, -0.1) is 0 Å². The summed E-state index contributed by atoms with van der Waals surface area (Å²) >= 11 is 0. The molecular formula is C36H21N5. The molecule has 0 fully saturated rings. The number of hydrogen-bond donors (Lipinski definition) is 0. The van der Waals surface area contributed by atoms with Crippen molar-refractivity contribution in [2.75, 3.05) is 0 Å². The van der Waals surface area contributed by atoms with Crippen LogP contribution in [-0.2, 0) is 6.42 Å². The van der Waals surface area contributed by atoms with Crippen molar-refractivity contribution in [2.45, 2.75) is 6.42 Å². The van der Waals surface area contributed by atoms with Crippen molar-refractivity contribution in [2.24, 2.45) is 0 Å². The molecule has 5 nitrogen and oxygen atoms in total. The summed E-state index contributed by atoms with van der Waals surface area (Å²) in [6.45, 7) is 0. The number of para-hydroxylation sites is 1. The van der Waals surface area contributed by atoms with Gasteiger partial charge in [0.2, 0.25) is 0 Å². The largest absolute Gasteiger partial charge is 0.309 e. The quantitative estimate of drug-likeness (QED) is 0.204. The minimum atomic E-state index is 0.923. The summed E-state index contributed by atoms with van der Waals surface area (Å²) in [5, 5.41) is 4.69. The lowest BCUT2D eigenvalue weighted by molar-refractivity contribution is 1.18. The second-order valence-corrected chi connectivity index (χ2v) is 10.9. The number of fused-ring (bicyclic) bond motifs is 15. The van der Waals surface area contributed by atoms with Crippen molar-refractivity contribution < 1.29 is 0 Å². The summed E-state index contributed by atoms with van der Waals surface area (Å²) in [4.78, 5) is 14.5. The molecule has 0 N–H and O–H groups in total. The molecule has 1 aliphatic rings. The lowest BCUT2D eigenvalue weighted by Gasteiger charge is -2.13. The molecule has 0 amide bonds. The van der Waals surface area contributed by atoms with E-state index in [2.05, 4.69) is 98.9 Å². The molecule has 5 heteroatoms. The van der Waals surface area contributed by atoms with E-state index in [0.29, 0.717) is 0 Å². The van der Waals surface area contributed by atoms with Gasteiger partial charge in [0.15, 0.2) is 0 Å². The van der Waals surface area contributed by atoms with Gasteiger partial charge in [0.05, 0.1) is 39.3 Å². The number of imidazole rings is 1. The third-order valence-corrected chi connectivity index (χ3v) is 8.82. The van der Waals surface area contributed by atoms with E-state index in [1.54, 1.807) is 6.20 Å². The van der Waals surface area contributed by atoms with Gasteiger partial charge in [0, 0.05) is 39.6 Å². The zero-order valence-electron chi connectivity index (χ0n) is 21.9. The molecule has 0 radical (unpaired) electrons. The first-order valence-electron chi connectivity index (χ1n) is 13.9. The molecule has 0 atom stereocenters. The summed E-state index contributed by atoms with van der Waals surface area (Å²) in [7, 11) is 0. The normalized spacial score (nSPS) is 12.8. The summed E-state index contributed by atoms with van der Waals surface area (Å²) in [5.74, 6) is 0. The third-order valence-electron chi connectivity index (χ3n) is 8.82. The van der Waals surface area contributed by atoms with E-state index in [1.807, 2.05) is 24.5 Å². The van der Waals surface area contributed by atoms with Crippen LogP contribution in [0.15, 0.2) is 116 Å². The van der Waals surface area contributed by atoms with Crippen LogP contribution in [0.1, 0.15) is 11.1 Å². The number of aromatic nitrogens is 5. The summed E-state index contributed by atoms with van der Waals surface area (Å²) < 4.78 is 4.64. The molecule has 10 rings (SSSR count). The van der Waals surface area contributed by atoms with Crippen LogP contribution in [0, 0.1) is 0 Å². The summed E-state index contributed by atoms with van der Waals surface area (Å²) in [6.07, 6.45) is 6.56. The first-order chi connectivity index (χ1) is 20.3. The minimum absolute atomic E-state index is 0.923. The van der Waals surface area contributed by atoms with Crippen LogP contribution in [0.3, 0.4) is 0 Å². The van der Waals surface area contributed by atoms with Crippen LogP contribution in [-0.4, -0.2) is 23.9 Å². The van der Waals surface area contributed by atoms with E-state index < -0.39 is 0 Å². The first-order valence-corrected chi connectivity index (χ1v) is 13.9. The van der Waals surface area contributed by atoms with Crippen molar-refractivity contribution in [3.05, 3.63) is 127 Å². The molecule has 4 aromatic carbocycles. The van der Waals surface area contributed by atoms with Gasteiger partial charge in [-0.3, -0.25) is 14.4 Å². The second kappa shape index (κ2) is 7.55. The van der Waals surface area contributed by atoms with Gasteiger partial charge in [-0.1, -0.05) is 48.5 Å². The molecule has 0 spiro atoms. The molecule has 5 heterocycles. The maximum atomic E-state index is 5.12. The molecule has 0 saturated heterocycles. The van der Waals surface area contributed by atoms with Gasteiger partial charge in [-0.25, -0.2) is 4.98 Å². The van der Waals surface area contributed by atoms with Crippen molar-refractivity contribution in [3.8, 4) is 16.8 Å². The van der Waals surface area contributed by atoms with E-state index in [0.717, 1.165) is 56.1 Å². The Bertz CT molecular complexity index is 2550. The molecule has 5 aromatic heterocycles. The Hall–Kier alpha value is -5.55. The number of nitrogens with zero attached hydrogens (tertiary/aromatic N) is 5. The van der Waals surface area contributed by atoms with Gasteiger partial charge in [0.25, 0.3) is 0 Å². The molecule has 41 heavy (non-hydrogen) atoms. The highest BCUT2D eigenvalue weighted by molar-refractivity contribution is 6.27. The van der Waals surface area contributed by atoms with Gasteiger partial charge in [-0.2, -0.15) is 0 Å². The Labute approximate surface area is 234 Å². The van der Waals surface area contributed by atoms with Crippen molar-refractivity contribution >= 4 is 60.3 Å². The molecule has 9 aromatic rings. The number of pyridine rings is 3. The highest BCUT2D eigenvalue weighted by Gasteiger charge is 2.25. The molecule has 0 saturated carbocycles. The Morgan fingerprint density at radius 3 is 2.46 bits per heavy atom. The van der Waals surface area contributed by atoms with Crippen molar-refractivity contribution in [3.63, 3.8) is 0 Å². The number of rotatable bonds is 1. The third kappa shape index (κ3) is 2.68. The zero-order valence-corrected chi connectivity index (χ0v) is 21.9. The number of hydrogen-bond acceptors (Lipinski definition) is 3. The highest BCUT2D eigenvalue weighted by atomic mass is 15.0. The van der Waals surface area contributed by atoms with Gasteiger partial charge < -0.3 is 4.57 Å². The van der Waals surface area contributed by atoms with Gasteiger partial charge in [-0.05, 0) is 77.2 Å². The van der Waals surface area contributed by atoms with Gasteiger partial charge in [0.1, 0.15) is 5.65 Å². The first kappa shape index (κ1) is 21.3. The van der Waals surface area contributed by atoms with E-state index in [4.69, 9.17) is 9.97 Å². The minimum Gasteiger partial charge on any atom is -0.309 e. The van der Waals surface area contributed by atoms with Crippen LogP contribution in [0.4, 0.5) is 0 Å². The monoisotopic (exact) mass is 523 g/mol. The van der Waals surface area contributed by atoms with Crippen LogP contribution in [0.25, 0.3) is 77.1 Å². The van der Waals surface area contributed by atoms with Crippen LogP contribution >= 0.6 is 0 Å². The van der Waals surface area contributed by atoms with E-state index in [1.165, 1.54) is 38.5 Å². The molecule has 0 aliphatic heterocycles. The molecule has 190 valence electrons. The Morgan fingerprint density at radius 2 is 1.51 bits per heavy atom. The fourth-order valence-electron chi connectivity index (χ4n) is 7.12. The smallest absolute Gasteiger partial charge is 0.146 e. The molecule has 0 unspecified atom stereocenters. The van der Waals surface area contributed by atoms with E-state index in [9.17, 15) is 0 Å². The summed E-state index contributed by atoms with van der Waals surface area (Å²) in [5.41, 5.74) is 13.8. The fourth-order valence-corrected chi connectivity index (χ4v) is 7.12. The van der Waals surface area contributed by atoms with Crippen LogP contribution < -0.4 is 0 Å². The second-order valence-electron chi connectivity index (χ2n) is 10.9. The average molecular weight is 524 g/mol. The summed E-state index contributed by atoms with van der Waals surface area (Å²) in [6, 6.07) is 35.0. The maximum absolute atomic E-state index is 5.12. The molecule has 1 aliphatic carbocycles. The standard InChI is InChI=1S/C36H21N5/c1-2-8-23(9-3-1)40-31-19-27-22(17-21-7-4-5-10-24(21)27)18-28(31)25-12-13-26-33(35(25)40)34-30(11-6-15-38-34)41-32-20-37-16-14-29(32)39-36(26)41/h1-16,18-20H,17H2. The fraction of sp³-hybridized carbons (Fsp3) is 0.0278. The highest BCUT2D eigenvalue weighted by Crippen LogP contribution is 2.45. The topological polar surface area (TPSA) is 48.0 Å². The van der Waals surface area contributed by atoms with Crippen LogP contribution in [0.2, 0.25) is 0 Å². The Balaban J connectivity index is 1.47. The molecular weight excluding hydrogens is 502 g/mol. The maximum Gasteiger partial charge on any atom is 0.146 e. The van der Waals surface area contributed by atoms with E-state index >= 15 is 0 Å². The SMILES string of the molecule is c1ccc(-n2c3cc4c(cc3c3ccc5c(c6ncccc6n6c7cnccc7nc56)c32)Cc2ccccc2-4)cc1. The van der Waals surface area contributed by atoms with Crippen molar-refractivity contribution in [1.82, 2.24) is 23.9 Å². The van der Waals surface area contributed by atoms with Crippen molar-refractivity contribution in [1.29, 1.82) is 0 Å². The lowest BCUT2D eigenvalue weighted by Crippen LogP contribution is -1.98. The number of benzene rings is 4. The lowest BCUT2D eigenvalue weighted by atomic mass is 10.0. The van der Waals surface area contributed by atoms with Crippen LogP contribution in [0.5, 0.6) is 0 Å². The molecule has 0 bridgehead atoms. The van der Waals surface area contributed by atoms with E-state index in [-0.39, 0.29) is 0 Å². The predicted molar refractivity (Wildman–Crippen MR) is 166 cm³/mol. The predicted octanol–water partition coefficient (Wildman–Crippen LogP) is 8.25. The zero-order chi connectivity index (χ0) is 26.7. The van der Waals surface area contributed by atoms with Gasteiger partial charge >= 0.3 is 0 Å². The Kier molecular flexibility index (Phi) is 3.92.